The van der Waals surface area contributed by atoms with Crippen molar-refractivity contribution < 1.29 is 17.9 Å². The van der Waals surface area contributed by atoms with Gasteiger partial charge < -0.3 is 9.52 Å². The van der Waals surface area contributed by atoms with Crippen LogP contribution in [0.1, 0.15) is 11.3 Å². The molecule has 1 aromatic heterocycles. The zero-order chi connectivity index (χ0) is 13.9. The molecule has 0 amide bonds. The quantitative estimate of drug-likeness (QED) is 0.903. The molecule has 2 aromatic rings. The van der Waals surface area contributed by atoms with Gasteiger partial charge in [0, 0.05) is 7.05 Å². The van der Waals surface area contributed by atoms with Gasteiger partial charge in [0.2, 0.25) is 10.0 Å². The van der Waals surface area contributed by atoms with Gasteiger partial charge in [0.25, 0.3) is 0 Å². The summed E-state index contributed by atoms with van der Waals surface area (Å²) in [6.07, 6.45) is 1.51. The van der Waals surface area contributed by atoms with Gasteiger partial charge in [-0.05, 0) is 29.8 Å². The highest BCUT2D eigenvalue weighted by molar-refractivity contribution is 7.89. The van der Waals surface area contributed by atoms with Crippen molar-refractivity contribution in [2.45, 2.75) is 18.0 Å². The van der Waals surface area contributed by atoms with E-state index in [1.165, 1.54) is 29.7 Å². The van der Waals surface area contributed by atoms with Gasteiger partial charge in [0.15, 0.2) is 0 Å². The van der Waals surface area contributed by atoms with Crippen molar-refractivity contribution in [3.8, 4) is 0 Å². The van der Waals surface area contributed by atoms with E-state index in [0.29, 0.717) is 11.3 Å². The Hall–Kier alpha value is -1.63. The SMILES string of the molecule is CN(Cc1ccco1)S(=O)(=O)c1ccc(CO)cc1. The topological polar surface area (TPSA) is 70.8 Å². The van der Waals surface area contributed by atoms with Crippen LogP contribution in [0.2, 0.25) is 0 Å². The van der Waals surface area contributed by atoms with E-state index < -0.39 is 10.0 Å². The first-order chi connectivity index (χ1) is 9.04. The standard InChI is InChI=1S/C13H15NO4S/c1-14(9-12-3-2-8-18-12)19(16,17)13-6-4-11(10-15)5-7-13/h2-8,15H,9-10H2,1H3. The van der Waals surface area contributed by atoms with Crippen molar-refractivity contribution in [3.05, 3.63) is 54.0 Å². The number of rotatable bonds is 5. The molecule has 6 heteroatoms. The number of benzene rings is 1. The highest BCUT2D eigenvalue weighted by Gasteiger charge is 2.21. The fourth-order valence-electron chi connectivity index (χ4n) is 1.65. The molecule has 0 atom stereocenters. The second kappa shape index (κ2) is 5.56. The molecule has 0 saturated heterocycles. The summed E-state index contributed by atoms with van der Waals surface area (Å²) < 4.78 is 30.9. The van der Waals surface area contributed by atoms with Gasteiger partial charge in [-0.3, -0.25) is 0 Å². The van der Waals surface area contributed by atoms with Crippen LogP contribution in [-0.4, -0.2) is 24.9 Å². The zero-order valence-electron chi connectivity index (χ0n) is 10.5. The summed E-state index contributed by atoms with van der Waals surface area (Å²) in [4.78, 5) is 0.193. The molecule has 0 aliphatic heterocycles. The van der Waals surface area contributed by atoms with Crippen LogP contribution in [-0.2, 0) is 23.2 Å². The minimum atomic E-state index is -3.55. The Bertz CT molecular complexity index is 617. The summed E-state index contributed by atoms with van der Waals surface area (Å²) in [6, 6.07) is 9.59. The Kier molecular flexibility index (Phi) is 4.04. The highest BCUT2D eigenvalue weighted by atomic mass is 32.2. The summed E-state index contributed by atoms with van der Waals surface area (Å²) in [5.74, 6) is 0.582. The molecule has 0 aliphatic carbocycles. The lowest BCUT2D eigenvalue weighted by molar-refractivity contribution is 0.281. The normalized spacial score (nSPS) is 11.9. The Labute approximate surface area is 112 Å². The Balaban J connectivity index is 2.20. The van der Waals surface area contributed by atoms with Crippen molar-refractivity contribution in [3.63, 3.8) is 0 Å². The molecule has 1 heterocycles. The molecule has 2 rings (SSSR count). The average molecular weight is 281 g/mol. The van der Waals surface area contributed by atoms with Crippen molar-refractivity contribution in [1.82, 2.24) is 4.31 Å². The Morgan fingerprint density at radius 2 is 1.89 bits per heavy atom. The van der Waals surface area contributed by atoms with Crippen molar-refractivity contribution in [2.24, 2.45) is 0 Å². The highest BCUT2D eigenvalue weighted by Crippen LogP contribution is 2.17. The molecule has 0 aliphatic rings. The third-order valence-electron chi connectivity index (χ3n) is 2.77. The molecule has 0 bridgehead atoms. The summed E-state index contributed by atoms with van der Waals surface area (Å²) >= 11 is 0. The summed E-state index contributed by atoms with van der Waals surface area (Å²) in [7, 11) is -2.05. The van der Waals surface area contributed by atoms with Crippen LogP contribution in [0.25, 0.3) is 0 Å². The van der Waals surface area contributed by atoms with Crippen LogP contribution in [0.4, 0.5) is 0 Å². The van der Waals surface area contributed by atoms with Crippen LogP contribution in [0.15, 0.2) is 52.0 Å². The second-order valence-corrected chi connectivity index (χ2v) is 6.19. The molecule has 1 N–H and O–H groups in total. The molecule has 0 spiro atoms. The molecular formula is C13H15NO4S. The number of aliphatic hydroxyl groups is 1. The van der Waals surface area contributed by atoms with E-state index >= 15 is 0 Å². The fourth-order valence-corrected chi connectivity index (χ4v) is 2.79. The first-order valence-electron chi connectivity index (χ1n) is 5.72. The van der Waals surface area contributed by atoms with E-state index in [1.54, 1.807) is 24.3 Å². The largest absolute Gasteiger partial charge is 0.468 e. The third-order valence-corrected chi connectivity index (χ3v) is 4.59. The van der Waals surface area contributed by atoms with E-state index in [1.807, 2.05) is 0 Å². The van der Waals surface area contributed by atoms with Crippen LogP contribution >= 0.6 is 0 Å². The van der Waals surface area contributed by atoms with Gasteiger partial charge in [0.05, 0.1) is 24.3 Å². The van der Waals surface area contributed by atoms with Crippen LogP contribution in [0.5, 0.6) is 0 Å². The van der Waals surface area contributed by atoms with Gasteiger partial charge in [-0.15, -0.1) is 0 Å². The Morgan fingerprint density at radius 3 is 2.42 bits per heavy atom. The van der Waals surface area contributed by atoms with E-state index in [4.69, 9.17) is 9.52 Å². The van der Waals surface area contributed by atoms with Crippen molar-refractivity contribution >= 4 is 10.0 Å². The molecule has 0 saturated carbocycles. The van der Waals surface area contributed by atoms with Crippen LogP contribution in [0, 0.1) is 0 Å². The van der Waals surface area contributed by atoms with E-state index in [2.05, 4.69) is 0 Å². The molecule has 0 unspecified atom stereocenters. The molecule has 5 nitrogen and oxygen atoms in total. The molecular weight excluding hydrogens is 266 g/mol. The number of hydrogen-bond acceptors (Lipinski definition) is 4. The summed E-state index contributed by atoms with van der Waals surface area (Å²) in [5, 5.41) is 8.94. The maximum absolute atomic E-state index is 12.3. The predicted octanol–water partition coefficient (Wildman–Crippen LogP) is 1.59. The first kappa shape index (κ1) is 13.8. The van der Waals surface area contributed by atoms with Gasteiger partial charge in [0.1, 0.15) is 5.76 Å². The first-order valence-corrected chi connectivity index (χ1v) is 7.16. The molecule has 0 fully saturated rings. The third kappa shape index (κ3) is 3.04. The predicted molar refractivity (Wildman–Crippen MR) is 69.7 cm³/mol. The number of furan rings is 1. The minimum Gasteiger partial charge on any atom is -0.468 e. The van der Waals surface area contributed by atoms with Crippen LogP contribution in [0.3, 0.4) is 0 Å². The summed E-state index contributed by atoms with van der Waals surface area (Å²) in [5.41, 5.74) is 0.674. The van der Waals surface area contributed by atoms with Gasteiger partial charge in [-0.2, -0.15) is 4.31 Å². The Morgan fingerprint density at radius 1 is 1.21 bits per heavy atom. The lowest BCUT2D eigenvalue weighted by Crippen LogP contribution is -2.26. The molecule has 102 valence electrons. The fraction of sp³-hybridized carbons (Fsp3) is 0.231. The zero-order valence-corrected chi connectivity index (χ0v) is 11.3. The van der Waals surface area contributed by atoms with Gasteiger partial charge in [-0.1, -0.05) is 12.1 Å². The molecule has 19 heavy (non-hydrogen) atoms. The number of nitrogens with zero attached hydrogens (tertiary/aromatic N) is 1. The number of aliphatic hydroxyl groups excluding tert-OH is 1. The van der Waals surface area contributed by atoms with Crippen molar-refractivity contribution in [2.75, 3.05) is 7.05 Å². The maximum atomic E-state index is 12.3. The second-order valence-electron chi connectivity index (χ2n) is 4.14. The molecule has 1 aromatic carbocycles. The van der Waals surface area contributed by atoms with E-state index in [0.717, 1.165) is 0 Å². The molecule has 0 radical (unpaired) electrons. The van der Waals surface area contributed by atoms with Crippen LogP contribution < -0.4 is 0 Å². The van der Waals surface area contributed by atoms with E-state index in [9.17, 15) is 8.42 Å². The average Bonchev–Trinajstić information content (AvgIpc) is 2.91. The maximum Gasteiger partial charge on any atom is 0.243 e. The minimum absolute atomic E-state index is 0.109. The monoisotopic (exact) mass is 281 g/mol. The number of sulfonamides is 1. The van der Waals surface area contributed by atoms with E-state index in [-0.39, 0.29) is 18.0 Å². The lowest BCUT2D eigenvalue weighted by Gasteiger charge is -2.16. The smallest absolute Gasteiger partial charge is 0.243 e. The van der Waals surface area contributed by atoms with Crippen molar-refractivity contribution in [1.29, 1.82) is 0 Å². The van der Waals surface area contributed by atoms with Gasteiger partial charge >= 0.3 is 0 Å². The summed E-state index contributed by atoms with van der Waals surface area (Å²) in [6.45, 7) is 0.0691. The lowest BCUT2D eigenvalue weighted by atomic mass is 10.2. The van der Waals surface area contributed by atoms with Gasteiger partial charge in [-0.25, -0.2) is 8.42 Å². The number of hydrogen-bond donors (Lipinski definition) is 1.